The first kappa shape index (κ1) is 26.3. The van der Waals surface area contributed by atoms with Crippen LogP contribution in [0.4, 0.5) is 0 Å². The summed E-state index contributed by atoms with van der Waals surface area (Å²) in [6.45, 7) is 0.788. The van der Waals surface area contributed by atoms with Crippen LogP contribution in [0.5, 0.6) is 0 Å². The second-order valence-corrected chi connectivity index (χ2v) is 7.23. The predicted molar refractivity (Wildman–Crippen MR) is 103 cm³/mol. The van der Waals surface area contributed by atoms with E-state index in [-0.39, 0.29) is 6.42 Å². The molecule has 0 bridgehead atoms. The van der Waals surface area contributed by atoms with E-state index in [2.05, 4.69) is 6.92 Å². The lowest BCUT2D eigenvalue weighted by Crippen LogP contribution is -2.48. The molecule has 7 heteroatoms. The molecule has 0 aromatic rings. The SMILES string of the molecule is CCCCCCCCCCCCCC(=O)O[C@@H](CO)[C@H](O)[C@@H](O)[C@@H](O)CO. The molecule has 0 aromatic carbocycles. The average Bonchev–Trinajstić information content (AvgIpc) is 2.68. The number of carbonyl (C=O) groups excluding carboxylic acids is 1. The van der Waals surface area contributed by atoms with Gasteiger partial charge in [-0.25, -0.2) is 0 Å². The molecule has 0 radical (unpaired) electrons. The number of hydrogen-bond acceptors (Lipinski definition) is 7. The number of aliphatic hydroxyl groups excluding tert-OH is 5. The van der Waals surface area contributed by atoms with E-state index in [9.17, 15) is 25.2 Å². The highest BCUT2D eigenvalue weighted by Gasteiger charge is 2.33. The Bertz CT molecular complexity index is 351. The fourth-order valence-corrected chi connectivity index (χ4v) is 2.93. The monoisotopic (exact) mass is 392 g/mol. The van der Waals surface area contributed by atoms with Gasteiger partial charge in [0.1, 0.15) is 18.3 Å². The van der Waals surface area contributed by atoms with E-state index >= 15 is 0 Å². The Morgan fingerprint density at radius 3 is 1.67 bits per heavy atom. The number of unbranched alkanes of at least 4 members (excludes halogenated alkanes) is 10. The number of esters is 1. The Kier molecular flexibility index (Phi) is 16.9. The van der Waals surface area contributed by atoms with E-state index in [4.69, 9.17) is 9.84 Å². The molecule has 0 aliphatic rings. The molecule has 0 amide bonds. The Hall–Kier alpha value is -0.730. The van der Waals surface area contributed by atoms with E-state index in [1.165, 1.54) is 44.9 Å². The third-order valence-corrected chi connectivity index (χ3v) is 4.76. The first-order valence-corrected chi connectivity index (χ1v) is 10.4. The molecule has 0 heterocycles. The first-order chi connectivity index (χ1) is 13.0. The van der Waals surface area contributed by atoms with Crippen molar-refractivity contribution in [2.75, 3.05) is 13.2 Å². The van der Waals surface area contributed by atoms with E-state index < -0.39 is 43.6 Å². The van der Waals surface area contributed by atoms with Crippen LogP contribution in [0, 0.1) is 0 Å². The van der Waals surface area contributed by atoms with E-state index in [1.807, 2.05) is 0 Å². The first-order valence-electron chi connectivity index (χ1n) is 10.4. The van der Waals surface area contributed by atoms with Crippen molar-refractivity contribution < 1.29 is 35.1 Å². The van der Waals surface area contributed by atoms with Crippen LogP contribution in [-0.4, -0.2) is 69.1 Å². The van der Waals surface area contributed by atoms with Gasteiger partial charge in [-0.2, -0.15) is 0 Å². The maximum atomic E-state index is 11.8. The molecular weight excluding hydrogens is 352 g/mol. The summed E-state index contributed by atoms with van der Waals surface area (Å²) in [5.41, 5.74) is 0. The summed E-state index contributed by atoms with van der Waals surface area (Å²) in [7, 11) is 0. The van der Waals surface area contributed by atoms with Crippen LogP contribution >= 0.6 is 0 Å². The maximum absolute atomic E-state index is 11.8. The molecule has 0 fully saturated rings. The van der Waals surface area contributed by atoms with Crippen molar-refractivity contribution in [1.82, 2.24) is 0 Å². The molecule has 27 heavy (non-hydrogen) atoms. The Labute approximate surface area is 163 Å². The van der Waals surface area contributed by atoms with Crippen LogP contribution in [0.3, 0.4) is 0 Å². The predicted octanol–water partition coefficient (Wildman–Crippen LogP) is 1.67. The second kappa shape index (κ2) is 17.4. The molecule has 0 spiro atoms. The number of hydrogen-bond donors (Lipinski definition) is 5. The van der Waals surface area contributed by atoms with Crippen molar-refractivity contribution in [3.05, 3.63) is 0 Å². The van der Waals surface area contributed by atoms with Crippen molar-refractivity contribution in [3.8, 4) is 0 Å². The molecule has 0 rings (SSSR count). The lowest BCUT2D eigenvalue weighted by atomic mass is 10.0. The normalized spacial score (nSPS) is 15.9. The zero-order chi connectivity index (χ0) is 20.5. The summed E-state index contributed by atoms with van der Waals surface area (Å²) in [5.74, 6) is -0.560. The molecule has 0 aliphatic carbocycles. The Balaban J connectivity index is 3.77. The summed E-state index contributed by atoms with van der Waals surface area (Å²) in [5, 5.41) is 46.7. The third kappa shape index (κ3) is 13.1. The number of rotatable bonds is 18. The lowest BCUT2D eigenvalue weighted by Gasteiger charge is -2.27. The minimum absolute atomic E-state index is 0.179. The van der Waals surface area contributed by atoms with Crippen molar-refractivity contribution in [2.24, 2.45) is 0 Å². The van der Waals surface area contributed by atoms with Gasteiger partial charge in [-0.3, -0.25) is 4.79 Å². The quantitative estimate of drug-likeness (QED) is 0.177. The van der Waals surface area contributed by atoms with Gasteiger partial charge >= 0.3 is 5.97 Å². The molecule has 7 nitrogen and oxygen atoms in total. The van der Waals surface area contributed by atoms with Crippen molar-refractivity contribution in [2.45, 2.75) is 108 Å². The van der Waals surface area contributed by atoms with Crippen LogP contribution in [0.2, 0.25) is 0 Å². The largest absolute Gasteiger partial charge is 0.457 e. The second-order valence-electron chi connectivity index (χ2n) is 7.23. The Morgan fingerprint density at radius 1 is 0.741 bits per heavy atom. The summed E-state index contributed by atoms with van der Waals surface area (Å²) in [6.07, 6.45) is 6.76. The van der Waals surface area contributed by atoms with Gasteiger partial charge < -0.3 is 30.3 Å². The zero-order valence-electron chi connectivity index (χ0n) is 16.8. The minimum Gasteiger partial charge on any atom is -0.457 e. The topological polar surface area (TPSA) is 127 Å². The lowest BCUT2D eigenvalue weighted by molar-refractivity contribution is -0.171. The summed E-state index contributed by atoms with van der Waals surface area (Å²) < 4.78 is 4.98. The van der Waals surface area contributed by atoms with Gasteiger partial charge in [0.25, 0.3) is 0 Å². The number of aliphatic hydroxyl groups is 5. The average molecular weight is 393 g/mol. The molecule has 0 unspecified atom stereocenters. The van der Waals surface area contributed by atoms with E-state index in [0.29, 0.717) is 6.42 Å². The van der Waals surface area contributed by atoms with Crippen LogP contribution in [0.1, 0.15) is 84.0 Å². The molecule has 0 saturated heterocycles. The molecule has 0 aliphatic heterocycles. The van der Waals surface area contributed by atoms with Crippen LogP contribution in [0.25, 0.3) is 0 Å². The standard InChI is InChI=1S/C20H40O7/c1-2-3-4-5-6-7-8-9-10-11-12-13-18(24)27-17(15-22)20(26)19(25)16(23)14-21/h16-17,19-23,25-26H,2-15H2,1H3/t16-,17-,19-,20-/m0/s1. The van der Waals surface area contributed by atoms with Crippen LogP contribution in [-0.2, 0) is 9.53 Å². The van der Waals surface area contributed by atoms with Gasteiger partial charge in [-0.05, 0) is 6.42 Å². The summed E-state index contributed by atoms with van der Waals surface area (Å²) in [6, 6.07) is 0. The molecule has 4 atom stereocenters. The smallest absolute Gasteiger partial charge is 0.306 e. The van der Waals surface area contributed by atoms with Crippen molar-refractivity contribution in [1.29, 1.82) is 0 Å². The van der Waals surface area contributed by atoms with Crippen molar-refractivity contribution >= 4 is 5.97 Å². The molecule has 162 valence electrons. The minimum atomic E-state index is -1.71. The summed E-state index contributed by atoms with van der Waals surface area (Å²) >= 11 is 0. The fourth-order valence-electron chi connectivity index (χ4n) is 2.93. The molecule has 0 saturated carbocycles. The van der Waals surface area contributed by atoms with Gasteiger partial charge in [0.2, 0.25) is 0 Å². The van der Waals surface area contributed by atoms with Gasteiger partial charge in [0, 0.05) is 6.42 Å². The molecule has 0 aromatic heterocycles. The van der Waals surface area contributed by atoms with Crippen LogP contribution in [0.15, 0.2) is 0 Å². The highest BCUT2D eigenvalue weighted by molar-refractivity contribution is 5.69. The highest BCUT2D eigenvalue weighted by atomic mass is 16.6. The van der Waals surface area contributed by atoms with Gasteiger partial charge in [-0.1, -0.05) is 71.1 Å². The zero-order valence-corrected chi connectivity index (χ0v) is 16.8. The van der Waals surface area contributed by atoms with Gasteiger partial charge in [-0.15, -0.1) is 0 Å². The van der Waals surface area contributed by atoms with E-state index in [0.717, 1.165) is 19.3 Å². The van der Waals surface area contributed by atoms with Crippen LogP contribution < -0.4 is 0 Å². The third-order valence-electron chi connectivity index (χ3n) is 4.76. The maximum Gasteiger partial charge on any atom is 0.306 e. The van der Waals surface area contributed by atoms with E-state index in [1.54, 1.807) is 0 Å². The molecular formula is C20H40O7. The van der Waals surface area contributed by atoms with Gasteiger partial charge in [0.05, 0.1) is 13.2 Å². The molecule has 5 N–H and O–H groups in total. The highest BCUT2D eigenvalue weighted by Crippen LogP contribution is 2.13. The fraction of sp³-hybridized carbons (Fsp3) is 0.950. The number of ether oxygens (including phenoxy) is 1. The van der Waals surface area contributed by atoms with Gasteiger partial charge in [0.15, 0.2) is 6.10 Å². The summed E-state index contributed by atoms with van der Waals surface area (Å²) in [4.78, 5) is 11.8. The number of carbonyl (C=O) groups is 1. The Morgan fingerprint density at radius 2 is 1.22 bits per heavy atom. The van der Waals surface area contributed by atoms with Crippen molar-refractivity contribution in [3.63, 3.8) is 0 Å².